The maximum atomic E-state index is 12.6. The molecule has 39 heavy (non-hydrogen) atoms. The summed E-state index contributed by atoms with van der Waals surface area (Å²) in [6, 6.07) is 18.9. The molecular weight excluding hydrogens is 488 g/mol. The van der Waals surface area contributed by atoms with E-state index in [-0.39, 0.29) is 6.61 Å². The lowest BCUT2D eigenvalue weighted by molar-refractivity contribution is 0.0888. The van der Waals surface area contributed by atoms with Crippen molar-refractivity contribution in [2.24, 2.45) is 17.0 Å². The summed E-state index contributed by atoms with van der Waals surface area (Å²) in [5, 5.41) is 16.8. The van der Waals surface area contributed by atoms with E-state index in [9.17, 15) is 10.0 Å². The van der Waals surface area contributed by atoms with Crippen LogP contribution >= 0.6 is 0 Å². The summed E-state index contributed by atoms with van der Waals surface area (Å²) in [5.74, 6) is 1.67. The number of benzene rings is 2. The Bertz CT molecular complexity index is 1250. The van der Waals surface area contributed by atoms with Gasteiger partial charge in [0.1, 0.15) is 6.61 Å². The smallest absolute Gasteiger partial charge is 0.407 e. The van der Waals surface area contributed by atoms with Crippen molar-refractivity contribution in [3.8, 4) is 0 Å². The fraction of sp³-hybridized carbons (Fsp3) is 0.500. The number of piperidine rings is 1. The maximum Gasteiger partial charge on any atom is 0.407 e. The van der Waals surface area contributed by atoms with Gasteiger partial charge in [-0.1, -0.05) is 67.5 Å². The van der Waals surface area contributed by atoms with Crippen molar-refractivity contribution < 1.29 is 14.7 Å². The van der Waals surface area contributed by atoms with Crippen LogP contribution in [0.15, 0.2) is 59.8 Å². The second kappa shape index (κ2) is 12.7. The normalized spacial score (nSPS) is 21.1. The first-order valence-electron chi connectivity index (χ1n) is 14.5. The van der Waals surface area contributed by atoms with Crippen LogP contribution in [-0.2, 0) is 17.9 Å². The number of hydrogen-bond donors (Lipinski definition) is 2. The van der Waals surface area contributed by atoms with Gasteiger partial charge in [-0.05, 0) is 62.0 Å². The fourth-order valence-corrected chi connectivity index (χ4v) is 6.71. The molecule has 1 aliphatic heterocycles. The number of aromatic nitrogens is 1. The van der Waals surface area contributed by atoms with E-state index in [0.717, 1.165) is 65.5 Å². The predicted octanol–water partition coefficient (Wildman–Crippen LogP) is 6.73. The molecule has 0 radical (unpaired) electrons. The molecule has 2 aromatic carbocycles. The maximum absolute atomic E-state index is 12.6. The summed E-state index contributed by atoms with van der Waals surface area (Å²) in [7, 11) is 0. The number of carbonyl (C=O) groups excluding carboxylic acids is 1. The summed E-state index contributed by atoms with van der Waals surface area (Å²) in [5.41, 5.74) is 3.84. The molecule has 2 heterocycles. The Kier molecular flexibility index (Phi) is 8.87. The Morgan fingerprint density at radius 3 is 2.38 bits per heavy atom. The zero-order valence-electron chi connectivity index (χ0n) is 23.3. The number of hydrogen-bond acceptors (Lipinski definition) is 5. The van der Waals surface area contributed by atoms with E-state index in [2.05, 4.69) is 45.9 Å². The number of ether oxygens (including phenoxy) is 1. The molecule has 1 aliphatic carbocycles. The van der Waals surface area contributed by atoms with E-state index in [1.54, 1.807) is 0 Å². The number of fused-ring (bicyclic) bond motifs is 1. The van der Waals surface area contributed by atoms with Gasteiger partial charge in [-0.25, -0.2) is 4.79 Å². The standard InChI is InChI=1S/C32H42N4O3/c1-23(2)25-12-14-26(15-13-25)35-18-16-27(17-19-35)36-30-11-7-6-10-28(30)29(20-34-38)31(36)21-33-32(37)39-22-24-8-4-3-5-9-24/h3-11,20,23,25-27,38H,12-19,21-22H2,1-2H3,(H,33,37)/b34-20+. The van der Waals surface area contributed by atoms with Gasteiger partial charge in [-0.15, -0.1) is 0 Å². The molecule has 0 spiro atoms. The van der Waals surface area contributed by atoms with Crippen molar-refractivity contribution >= 4 is 23.2 Å². The minimum absolute atomic E-state index is 0.220. The van der Waals surface area contributed by atoms with Crippen LogP contribution in [0.4, 0.5) is 4.79 Å². The van der Waals surface area contributed by atoms with Crippen LogP contribution in [0.5, 0.6) is 0 Å². The van der Waals surface area contributed by atoms with Gasteiger partial charge in [0.2, 0.25) is 0 Å². The van der Waals surface area contributed by atoms with E-state index in [4.69, 9.17) is 4.74 Å². The first-order valence-corrected chi connectivity index (χ1v) is 14.5. The molecule has 1 amide bonds. The van der Waals surface area contributed by atoms with Gasteiger partial charge >= 0.3 is 6.09 Å². The fourth-order valence-electron chi connectivity index (χ4n) is 6.71. The van der Waals surface area contributed by atoms with E-state index in [0.29, 0.717) is 18.6 Å². The summed E-state index contributed by atoms with van der Waals surface area (Å²) in [4.78, 5) is 15.3. The Morgan fingerprint density at radius 1 is 1.00 bits per heavy atom. The molecule has 1 aromatic heterocycles. The third-order valence-corrected chi connectivity index (χ3v) is 8.92. The summed E-state index contributed by atoms with van der Waals surface area (Å²) >= 11 is 0. The van der Waals surface area contributed by atoms with Crippen LogP contribution in [0, 0.1) is 11.8 Å². The Labute approximate surface area is 231 Å². The van der Waals surface area contributed by atoms with Gasteiger partial charge in [0.05, 0.1) is 12.8 Å². The van der Waals surface area contributed by atoms with E-state index in [1.807, 2.05) is 42.5 Å². The Balaban J connectivity index is 1.30. The topological polar surface area (TPSA) is 79.1 Å². The molecule has 2 N–H and O–H groups in total. The largest absolute Gasteiger partial charge is 0.445 e. The van der Waals surface area contributed by atoms with E-state index >= 15 is 0 Å². The van der Waals surface area contributed by atoms with Gasteiger partial charge in [0.25, 0.3) is 0 Å². The second-order valence-corrected chi connectivity index (χ2v) is 11.5. The van der Waals surface area contributed by atoms with Gasteiger partial charge in [-0.2, -0.15) is 0 Å². The van der Waals surface area contributed by atoms with Crippen LogP contribution in [0.1, 0.15) is 75.2 Å². The monoisotopic (exact) mass is 530 g/mol. The number of nitrogens with zero attached hydrogens (tertiary/aromatic N) is 3. The van der Waals surface area contributed by atoms with Gasteiger partial charge in [0, 0.05) is 47.3 Å². The SMILES string of the molecule is CC(C)C1CCC(N2CCC(n3c(CNC(=O)OCc4ccccc4)c(/C=N/O)c4ccccc43)CC2)CC1. The second-order valence-electron chi connectivity index (χ2n) is 11.5. The zero-order valence-corrected chi connectivity index (χ0v) is 23.3. The molecule has 1 saturated carbocycles. The molecule has 2 fully saturated rings. The van der Waals surface area contributed by atoms with Crippen molar-refractivity contribution in [2.75, 3.05) is 13.1 Å². The van der Waals surface area contributed by atoms with Gasteiger partial charge < -0.3 is 24.7 Å². The zero-order chi connectivity index (χ0) is 27.2. The first-order chi connectivity index (χ1) is 19.0. The third-order valence-electron chi connectivity index (χ3n) is 8.92. The number of carbonyl (C=O) groups is 1. The van der Waals surface area contributed by atoms with E-state index < -0.39 is 6.09 Å². The third kappa shape index (κ3) is 6.30. The molecule has 0 atom stereocenters. The Morgan fingerprint density at radius 2 is 1.69 bits per heavy atom. The lowest BCUT2D eigenvalue weighted by Crippen LogP contribution is -2.44. The number of alkyl carbamates (subject to hydrolysis) is 1. The van der Waals surface area contributed by atoms with Crippen LogP contribution in [0.3, 0.4) is 0 Å². The van der Waals surface area contributed by atoms with Gasteiger partial charge in [0.15, 0.2) is 0 Å². The highest BCUT2D eigenvalue weighted by Gasteiger charge is 2.32. The average molecular weight is 531 g/mol. The van der Waals surface area contributed by atoms with Crippen molar-refractivity contribution in [1.82, 2.24) is 14.8 Å². The van der Waals surface area contributed by atoms with Crippen molar-refractivity contribution in [3.63, 3.8) is 0 Å². The first kappa shape index (κ1) is 27.3. The lowest BCUT2D eigenvalue weighted by Gasteiger charge is -2.42. The summed E-state index contributed by atoms with van der Waals surface area (Å²) in [6.07, 6.45) is 8.49. The number of amides is 1. The highest BCUT2D eigenvalue weighted by molar-refractivity contribution is 6.01. The molecule has 208 valence electrons. The number of likely N-dealkylation sites (tertiary alicyclic amines) is 1. The van der Waals surface area contributed by atoms with E-state index in [1.165, 1.54) is 31.9 Å². The lowest BCUT2D eigenvalue weighted by atomic mass is 9.79. The van der Waals surface area contributed by atoms with Crippen molar-refractivity contribution in [3.05, 3.63) is 71.4 Å². The quantitative estimate of drug-likeness (QED) is 0.192. The summed E-state index contributed by atoms with van der Waals surface area (Å²) < 4.78 is 7.84. The predicted molar refractivity (Wildman–Crippen MR) is 155 cm³/mol. The van der Waals surface area contributed by atoms with Crippen LogP contribution in [-0.4, -0.2) is 46.1 Å². The van der Waals surface area contributed by atoms with Crippen LogP contribution in [0.2, 0.25) is 0 Å². The van der Waals surface area contributed by atoms with Crippen LogP contribution in [0.25, 0.3) is 10.9 Å². The Hall–Kier alpha value is -3.32. The summed E-state index contributed by atoms with van der Waals surface area (Å²) in [6.45, 7) is 7.42. The van der Waals surface area contributed by atoms with Crippen molar-refractivity contribution in [1.29, 1.82) is 0 Å². The highest BCUT2D eigenvalue weighted by atomic mass is 16.5. The molecule has 2 aliphatic rings. The van der Waals surface area contributed by atoms with Crippen molar-refractivity contribution in [2.45, 2.75) is 77.6 Å². The van der Waals surface area contributed by atoms with Crippen LogP contribution < -0.4 is 5.32 Å². The highest BCUT2D eigenvalue weighted by Crippen LogP contribution is 2.37. The molecule has 5 rings (SSSR count). The molecule has 0 unspecified atom stereocenters. The van der Waals surface area contributed by atoms with Gasteiger partial charge in [-0.3, -0.25) is 0 Å². The number of para-hydroxylation sites is 1. The molecular formula is C32H42N4O3. The molecule has 3 aromatic rings. The average Bonchev–Trinajstić information content (AvgIpc) is 3.29. The molecule has 7 heteroatoms. The molecule has 0 bridgehead atoms. The minimum atomic E-state index is -0.464. The number of nitrogens with one attached hydrogen (secondary N) is 1. The number of oxime groups is 1. The molecule has 1 saturated heterocycles. The minimum Gasteiger partial charge on any atom is -0.445 e. The molecule has 7 nitrogen and oxygen atoms in total. The number of rotatable bonds is 8.